The van der Waals surface area contributed by atoms with E-state index in [0.29, 0.717) is 22.2 Å². The maximum absolute atomic E-state index is 13.0. The van der Waals surface area contributed by atoms with Gasteiger partial charge in [0.15, 0.2) is 11.5 Å². The second-order valence-electron chi connectivity index (χ2n) is 6.56. The molecule has 0 saturated heterocycles. The van der Waals surface area contributed by atoms with Crippen molar-refractivity contribution in [2.24, 2.45) is 0 Å². The number of halogens is 1. The quantitative estimate of drug-likeness (QED) is 0.346. The number of H-pyrrole nitrogens is 1. The molecule has 0 bridgehead atoms. The molecule has 0 radical (unpaired) electrons. The minimum atomic E-state index is -1.08. The number of benzene rings is 2. The van der Waals surface area contributed by atoms with Gasteiger partial charge in [0.1, 0.15) is 23.2 Å². The van der Waals surface area contributed by atoms with Crippen LogP contribution < -0.4 is 9.47 Å². The second kappa shape index (κ2) is 10.6. The lowest BCUT2D eigenvalue weighted by Gasteiger charge is -2.12. The lowest BCUT2D eigenvalue weighted by molar-refractivity contribution is -0.131. The summed E-state index contributed by atoms with van der Waals surface area (Å²) in [5.74, 6) is 0.276. The van der Waals surface area contributed by atoms with Crippen molar-refractivity contribution in [3.8, 4) is 11.5 Å². The van der Waals surface area contributed by atoms with Crippen molar-refractivity contribution in [3.05, 3.63) is 70.1 Å². The van der Waals surface area contributed by atoms with Gasteiger partial charge in [-0.2, -0.15) is 0 Å². The van der Waals surface area contributed by atoms with Crippen LogP contribution in [0.1, 0.15) is 30.3 Å². The van der Waals surface area contributed by atoms with Crippen LogP contribution in [0.5, 0.6) is 11.5 Å². The van der Waals surface area contributed by atoms with Gasteiger partial charge < -0.3 is 14.6 Å². The predicted octanol–water partition coefficient (Wildman–Crippen LogP) is 4.70. The molecule has 1 aromatic heterocycles. The molecule has 7 nitrogen and oxygen atoms in total. The van der Waals surface area contributed by atoms with Gasteiger partial charge in [-0.15, -0.1) is 5.10 Å². The molecule has 0 spiro atoms. The first kappa shape index (κ1) is 22.4. The first-order valence-corrected chi connectivity index (χ1v) is 10.4. The van der Waals surface area contributed by atoms with Crippen molar-refractivity contribution < 1.29 is 23.8 Å². The van der Waals surface area contributed by atoms with E-state index in [-0.39, 0.29) is 17.3 Å². The van der Waals surface area contributed by atoms with E-state index in [9.17, 15) is 14.3 Å². The van der Waals surface area contributed by atoms with Crippen LogP contribution in [0, 0.1) is 5.82 Å². The summed E-state index contributed by atoms with van der Waals surface area (Å²) in [4.78, 5) is 16.1. The SMILES string of the molecule is CCCc1nc(S/C(=C\c2ccc(OCc3ccc(F)cc3)c(OC)c2)C(=O)O)n[nH]1. The minimum absolute atomic E-state index is 0.0732. The highest BCUT2D eigenvalue weighted by Gasteiger charge is 2.14. The number of thioether (sulfide) groups is 1. The van der Waals surface area contributed by atoms with Crippen molar-refractivity contribution >= 4 is 23.8 Å². The number of methoxy groups -OCH3 is 1. The molecule has 0 saturated carbocycles. The zero-order valence-electron chi connectivity index (χ0n) is 17.1. The van der Waals surface area contributed by atoms with Gasteiger partial charge >= 0.3 is 5.97 Å². The molecule has 0 fully saturated rings. The van der Waals surface area contributed by atoms with Gasteiger partial charge in [0.2, 0.25) is 5.16 Å². The molecule has 2 aromatic carbocycles. The number of ether oxygens (including phenoxy) is 2. The predicted molar refractivity (Wildman–Crippen MR) is 116 cm³/mol. The number of aromatic amines is 1. The lowest BCUT2D eigenvalue weighted by atomic mass is 10.2. The fraction of sp³-hybridized carbons (Fsp3) is 0.227. The van der Waals surface area contributed by atoms with Crippen molar-refractivity contribution in [2.45, 2.75) is 31.5 Å². The number of aromatic nitrogens is 3. The summed E-state index contributed by atoms with van der Waals surface area (Å²) in [6, 6.07) is 11.1. The Kier molecular flexibility index (Phi) is 7.66. The van der Waals surface area contributed by atoms with E-state index in [2.05, 4.69) is 15.2 Å². The minimum Gasteiger partial charge on any atom is -0.493 e. The summed E-state index contributed by atoms with van der Waals surface area (Å²) in [6.07, 6.45) is 3.18. The summed E-state index contributed by atoms with van der Waals surface area (Å²) >= 11 is 0.970. The Labute approximate surface area is 183 Å². The van der Waals surface area contributed by atoms with Crippen LogP contribution in [0.4, 0.5) is 4.39 Å². The number of rotatable bonds is 10. The summed E-state index contributed by atoms with van der Waals surface area (Å²) in [5.41, 5.74) is 1.44. The highest BCUT2D eigenvalue weighted by molar-refractivity contribution is 8.04. The number of hydrogen-bond acceptors (Lipinski definition) is 6. The van der Waals surface area contributed by atoms with Crippen LogP contribution in [0.25, 0.3) is 6.08 Å². The number of aliphatic carboxylic acids is 1. The smallest absolute Gasteiger partial charge is 0.342 e. The third-order valence-electron chi connectivity index (χ3n) is 4.20. The first-order valence-electron chi connectivity index (χ1n) is 9.58. The number of nitrogens with one attached hydrogen (secondary N) is 1. The number of hydrogen-bond donors (Lipinski definition) is 2. The lowest BCUT2D eigenvalue weighted by Crippen LogP contribution is -1.99. The normalized spacial score (nSPS) is 11.4. The molecular formula is C22H22FN3O4S. The average molecular weight is 444 g/mol. The van der Waals surface area contributed by atoms with Crippen LogP contribution in [0.2, 0.25) is 0 Å². The average Bonchev–Trinajstić information content (AvgIpc) is 3.20. The monoisotopic (exact) mass is 443 g/mol. The Morgan fingerprint density at radius 2 is 2.00 bits per heavy atom. The zero-order chi connectivity index (χ0) is 22.2. The third kappa shape index (κ3) is 6.32. The van der Waals surface area contributed by atoms with E-state index >= 15 is 0 Å². The standard InChI is InChI=1S/C22H22FN3O4S/c1-3-4-20-24-22(26-25-20)31-19(21(27)28)12-15-7-10-17(18(11-15)29-2)30-13-14-5-8-16(23)9-6-14/h5-12H,3-4,13H2,1-2H3,(H,27,28)(H,24,25,26)/b19-12-. The van der Waals surface area contributed by atoms with E-state index in [1.807, 2.05) is 6.92 Å². The van der Waals surface area contributed by atoms with Gasteiger partial charge in [-0.25, -0.2) is 14.2 Å². The van der Waals surface area contributed by atoms with E-state index in [1.54, 1.807) is 30.3 Å². The summed E-state index contributed by atoms with van der Waals surface area (Å²) in [5, 5.41) is 16.8. The maximum atomic E-state index is 13.0. The molecule has 3 rings (SSSR count). The number of aryl methyl sites for hydroxylation is 1. The Hall–Kier alpha value is -3.33. The van der Waals surface area contributed by atoms with Crippen LogP contribution in [0.15, 0.2) is 52.5 Å². The van der Waals surface area contributed by atoms with Crippen LogP contribution in [-0.4, -0.2) is 33.4 Å². The Morgan fingerprint density at radius 1 is 1.23 bits per heavy atom. The van der Waals surface area contributed by atoms with Crippen molar-refractivity contribution in [2.75, 3.05) is 7.11 Å². The molecule has 0 aliphatic carbocycles. The van der Waals surface area contributed by atoms with Crippen LogP contribution in [0.3, 0.4) is 0 Å². The summed E-state index contributed by atoms with van der Waals surface area (Å²) in [7, 11) is 1.50. The molecule has 31 heavy (non-hydrogen) atoms. The van der Waals surface area contributed by atoms with E-state index in [0.717, 1.165) is 36.0 Å². The van der Waals surface area contributed by atoms with Crippen molar-refractivity contribution in [1.29, 1.82) is 0 Å². The van der Waals surface area contributed by atoms with Gasteiger partial charge in [0, 0.05) is 6.42 Å². The fourth-order valence-corrected chi connectivity index (χ4v) is 3.42. The number of carboxylic acids is 1. The Balaban J connectivity index is 1.75. The number of nitrogens with zero attached hydrogens (tertiary/aromatic N) is 2. The molecule has 0 unspecified atom stereocenters. The Bertz CT molecular complexity index is 1070. The molecule has 3 aromatic rings. The van der Waals surface area contributed by atoms with Gasteiger partial charge in [-0.3, -0.25) is 5.10 Å². The largest absolute Gasteiger partial charge is 0.493 e. The Morgan fingerprint density at radius 3 is 2.68 bits per heavy atom. The molecule has 1 heterocycles. The van der Waals surface area contributed by atoms with Gasteiger partial charge in [0.25, 0.3) is 0 Å². The molecule has 0 aliphatic heterocycles. The molecule has 0 aliphatic rings. The second-order valence-corrected chi connectivity index (χ2v) is 7.57. The highest BCUT2D eigenvalue weighted by Crippen LogP contribution is 2.32. The number of carboxylic acid groups (broad SMARTS) is 1. The van der Waals surface area contributed by atoms with E-state index < -0.39 is 5.97 Å². The van der Waals surface area contributed by atoms with Gasteiger partial charge in [0.05, 0.1) is 7.11 Å². The topological polar surface area (TPSA) is 97.3 Å². The van der Waals surface area contributed by atoms with Gasteiger partial charge in [-0.05, 0) is 59.7 Å². The molecule has 9 heteroatoms. The summed E-state index contributed by atoms with van der Waals surface area (Å²) < 4.78 is 24.2. The highest BCUT2D eigenvalue weighted by atomic mass is 32.2. The van der Waals surface area contributed by atoms with Crippen molar-refractivity contribution in [1.82, 2.24) is 15.2 Å². The van der Waals surface area contributed by atoms with Crippen molar-refractivity contribution in [3.63, 3.8) is 0 Å². The van der Waals surface area contributed by atoms with E-state index in [1.165, 1.54) is 25.3 Å². The zero-order valence-corrected chi connectivity index (χ0v) is 17.9. The van der Waals surface area contributed by atoms with Crippen LogP contribution >= 0.6 is 11.8 Å². The molecule has 2 N–H and O–H groups in total. The third-order valence-corrected chi connectivity index (χ3v) is 5.08. The first-order chi connectivity index (χ1) is 15.0. The van der Waals surface area contributed by atoms with Crippen LogP contribution in [-0.2, 0) is 17.8 Å². The fourth-order valence-electron chi connectivity index (χ4n) is 2.69. The maximum Gasteiger partial charge on any atom is 0.342 e. The summed E-state index contributed by atoms with van der Waals surface area (Å²) in [6.45, 7) is 2.27. The van der Waals surface area contributed by atoms with Gasteiger partial charge in [-0.1, -0.05) is 25.1 Å². The molecule has 0 atom stereocenters. The molecular weight excluding hydrogens is 421 g/mol. The molecule has 162 valence electrons. The number of carbonyl (C=O) groups is 1. The van der Waals surface area contributed by atoms with E-state index in [4.69, 9.17) is 9.47 Å². The molecule has 0 amide bonds.